The Labute approximate surface area is 284 Å². The molecule has 0 aliphatic heterocycles. The van der Waals surface area contributed by atoms with Gasteiger partial charge in [-0.1, -0.05) is 23.2 Å². The van der Waals surface area contributed by atoms with Gasteiger partial charge in [0.05, 0.1) is 31.4 Å². The molecule has 2 heterocycles. The van der Waals surface area contributed by atoms with Gasteiger partial charge in [-0.3, -0.25) is 67.7 Å². The van der Waals surface area contributed by atoms with E-state index in [-0.39, 0.29) is 42.7 Å². The number of nitro benzene ring substituents is 2. The smallest absolute Gasteiger partial charge is 0.326 e. The van der Waals surface area contributed by atoms with Crippen LogP contribution in [0.25, 0.3) is 21.5 Å². The molecule has 0 N–H and O–H groups in total. The van der Waals surface area contributed by atoms with E-state index >= 15 is 0 Å². The molecule has 2 aromatic heterocycles. The molecule has 3 aromatic carbocycles. The van der Waals surface area contributed by atoms with Gasteiger partial charge in [0.1, 0.15) is 23.1 Å². The number of hydrogen-bond donors (Lipinski definition) is 0. The molecule has 50 heavy (non-hydrogen) atoms. The lowest BCUT2D eigenvalue weighted by Crippen LogP contribution is -2.31. The summed E-state index contributed by atoms with van der Waals surface area (Å²) in [5.41, 5.74) is -5.65. The minimum atomic E-state index is -1.20. The largest absolute Gasteiger partial charge is 0.456 e. The van der Waals surface area contributed by atoms with Gasteiger partial charge in [-0.05, 0) is 36.4 Å². The number of nitrogens with zero attached hydrogens (tertiary/aromatic N) is 4. The van der Waals surface area contributed by atoms with Gasteiger partial charge in [0.15, 0.2) is 13.2 Å². The number of aromatic nitrogens is 2. The number of carbonyl (C=O) groups is 4. The van der Waals surface area contributed by atoms with Crippen molar-refractivity contribution < 1.29 is 38.5 Å². The van der Waals surface area contributed by atoms with E-state index in [0.29, 0.717) is 9.13 Å². The highest BCUT2D eigenvalue weighted by molar-refractivity contribution is 6.33. The number of halogens is 2. The molecular weight excluding hydrogens is 711 g/mol. The predicted octanol–water partition coefficient (Wildman–Crippen LogP) is 1.89. The van der Waals surface area contributed by atoms with Crippen LogP contribution in [0.4, 0.5) is 11.4 Å². The number of fused-ring (bicyclic) bond motifs is 2. The van der Waals surface area contributed by atoms with Crippen LogP contribution in [0.1, 0.15) is 20.7 Å². The molecule has 0 bridgehead atoms. The number of ether oxygens (including phenoxy) is 2. The molecule has 5 rings (SSSR count). The van der Waals surface area contributed by atoms with Crippen molar-refractivity contribution >= 4 is 79.6 Å². The molecule has 0 amide bonds. The molecule has 0 saturated heterocycles. The Morgan fingerprint density at radius 1 is 0.580 bits per heavy atom. The number of benzene rings is 3. The van der Waals surface area contributed by atoms with Crippen LogP contribution >= 0.6 is 23.2 Å². The summed E-state index contributed by atoms with van der Waals surface area (Å²) < 4.78 is 10.6. The van der Waals surface area contributed by atoms with Gasteiger partial charge in [-0.2, -0.15) is 0 Å². The summed E-state index contributed by atoms with van der Waals surface area (Å²) in [4.78, 5) is 122. The zero-order chi connectivity index (χ0) is 36.6. The first-order chi connectivity index (χ1) is 23.6. The van der Waals surface area contributed by atoms with Crippen molar-refractivity contribution in [2.24, 2.45) is 0 Å². The molecule has 0 fully saturated rings. The quantitative estimate of drug-likeness (QED) is 0.0770. The summed E-state index contributed by atoms with van der Waals surface area (Å²) in [5.74, 6) is -4.09. The van der Waals surface area contributed by atoms with Crippen molar-refractivity contribution in [1.82, 2.24) is 9.13 Å². The van der Waals surface area contributed by atoms with Crippen molar-refractivity contribution in [3.8, 4) is 0 Å². The summed E-state index contributed by atoms with van der Waals surface area (Å²) in [7, 11) is 0. The first kappa shape index (κ1) is 34.9. The number of ketones is 2. The Morgan fingerprint density at radius 3 is 1.20 bits per heavy atom. The molecular formula is C30H16Cl2N4O14. The Balaban J connectivity index is 1.30. The highest BCUT2D eigenvalue weighted by Crippen LogP contribution is 2.26. The summed E-state index contributed by atoms with van der Waals surface area (Å²) in [5, 5.41) is 20.3. The van der Waals surface area contributed by atoms with Crippen LogP contribution in [0.15, 0.2) is 67.7 Å². The van der Waals surface area contributed by atoms with Gasteiger partial charge in [-0.25, -0.2) is 0 Å². The standard InChI is InChI=1S/C30H16Cl2N4O14/c31-19-3-1-13(5-21(19)35(45)46)23(37)11-49-25(39)9-33-27(41)15-7-17-18(8-16(15)28(33)42)30(44)34(29(17)43)10-26(40)50-12-24(38)14-2-4-20(32)22(6-14)36(47)48/h1-8H,9-12H2. The summed E-state index contributed by atoms with van der Waals surface area (Å²) in [6.07, 6.45) is 0. The SMILES string of the molecule is O=C(Cn1c(=O)c2cc3c(=O)n(CC(=O)OCC(=O)c4ccc(Cl)c([N+](=O)[O-])c4)c(=O)c3cc2c1=O)OCC(=O)c1ccc(Cl)c([N+](=O)[O-])c1. The maximum absolute atomic E-state index is 13.0. The van der Waals surface area contributed by atoms with Crippen LogP contribution in [-0.4, -0.2) is 55.7 Å². The number of rotatable bonds is 12. The highest BCUT2D eigenvalue weighted by Gasteiger charge is 2.24. The van der Waals surface area contributed by atoms with Crippen LogP contribution in [0.5, 0.6) is 0 Å². The second kappa shape index (κ2) is 13.6. The van der Waals surface area contributed by atoms with E-state index in [1.165, 1.54) is 12.1 Å². The summed E-state index contributed by atoms with van der Waals surface area (Å²) in [6, 6.07) is 8.20. The van der Waals surface area contributed by atoms with Crippen LogP contribution in [0, 0.1) is 20.2 Å². The molecule has 0 radical (unpaired) electrons. The van der Waals surface area contributed by atoms with Crippen molar-refractivity contribution in [2.45, 2.75) is 13.1 Å². The fourth-order valence-corrected chi connectivity index (χ4v) is 5.19. The third kappa shape index (κ3) is 6.64. The minimum Gasteiger partial charge on any atom is -0.456 e. The number of Topliss-reactive ketones (excluding diaryl/α,β-unsaturated/α-hetero) is 2. The average Bonchev–Trinajstić information content (AvgIpc) is 3.44. The van der Waals surface area contributed by atoms with Gasteiger partial charge in [0, 0.05) is 23.3 Å². The molecule has 0 aliphatic rings. The fraction of sp³-hybridized carbons (Fsp3) is 0.133. The number of hydrogen-bond acceptors (Lipinski definition) is 14. The maximum atomic E-state index is 13.0. The molecule has 20 heteroatoms. The Bertz CT molecular complexity index is 2300. The topological polar surface area (TPSA) is 251 Å². The Morgan fingerprint density at radius 2 is 0.900 bits per heavy atom. The van der Waals surface area contributed by atoms with E-state index in [2.05, 4.69) is 0 Å². The minimum absolute atomic E-state index is 0.194. The lowest BCUT2D eigenvalue weighted by molar-refractivity contribution is -0.384. The van der Waals surface area contributed by atoms with Crippen LogP contribution in [-0.2, 0) is 32.2 Å². The normalized spacial score (nSPS) is 11.1. The van der Waals surface area contributed by atoms with Gasteiger partial charge in [0.2, 0.25) is 11.6 Å². The molecule has 0 spiro atoms. The van der Waals surface area contributed by atoms with Gasteiger partial charge < -0.3 is 9.47 Å². The second-order valence-electron chi connectivity index (χ2n) is 10.4. The van der Waals surface area contributed by atoms with Gasteiger partial charge in [-0.15, -0.1) is 0 Å². The van der Waals surface area contributed by atoms with Crippen molar-refractivity contribution in [3.63, 3.8) is 0 Å². The first-order valence-corrected chi connectivity index (χ1v) is 14.5. The molecule has 254 valence electrons. The van der Waals surface area contributed by atoms with E-state index in [1.54, 1.807) is 0 Å². The predicted molar refractivity (Wildman–Crippen MR) is 172 cm³/mol. The molecule has 0 unspecified atom stereocenters. The van der Waals surface area contributed by atoms with E-state index in [1.807, 2.05) is 0 Å². The lowest BCUT2D eigenvalue weighted by atomic mass is 10.1. The van der Waals surface area contributed by atoms with Crippen molar-refractivity contribution in [3.05, 3.63) is 131 Å². The first-order valence-electron chi connectivity index (χ1n) is 13.7. The van der Waals surface area contributed by atoms with E-state index in [0.717, 1.165) is 36.4 Å². The number of esters is 2. The van der Waals surface area contributed by atoms with Gasteiger partial charge >= 0.3 is 11.9 Å². The molecule has 5 aromatic rings. The van der Waals surface area contributed by atoms with Crippen molar-refractivity contribution in [1.29, 1.82) is 0 Å². The zero-order valence-electron chi connectivity index (χ0n) is 24.7. The summed E-state index contributed by atoms with van der Waals surface area (Å²) >= 11 is 11.4. The third-order valence-corrected chi connectivity index (χ3v) is 7.93. The number of carbonyl (C=O) groups excluding carboxylic acids is 4. The van der Waals surface area contributed by atoms with Crippen LogP contribution in [0.2, 0.25) is 10.0 Å². The van der Waals surface area contributed by atoms with E-state index in [4.69, 9.17) is 32.7 Å². The molecule has 0 aliphatic carbocycles. The second-order valence-corrected chi connectivity index (χ2v) is 11.2. The Kier molecular flexibility index (Phi) is 9.51. The zero-order valence-corrected chi connectivity index (χ0v) is 26.2. The molecule has 0 saturated carbocycles. The van der Waals surface area contributed by atoms with E-state index in [9.17, 15) is 58.6 Å². The Hall–Kier alpha value is -6.40. The van der Waals surface area contributed by atoms with Crippen LogP contribution < -0.4 is 22.2 Å². The number of nitro groups is 2. The molecule has 0 atom stereocenters. The third-order valence-electron chi connectivity index (χ3n) is 7.29. The monoisotopic (exact) mass is 726 g/mol. The molecule has 18 nitrogen and oxygen atoms in total. The summed E-state index contributed by atoms with van der Waals surface area (Å²) in [6.45, 7) is -3.72. The highest BCUT2D eigenvalue weighted by atomic mass is 35.5. The lowest BCUT2D eigenvalue weighted by Gasteiger charge is -2.05. The van der Waals surface area contributed by atoms with E-state index < -0.39 is 93.3 Å². The average molecular weight is 727 g/mol. The fourth-order valence-electron chi connectivity index (χ4n) is 4.82. The van der Waals surface area contributed by atoms with Crippen molar-refractivity contribution in [2.75, 3.05) is 13.2 Å². The maximum Gasteiger partial charge on any atom is 0.326 e. The van der Waals surface area contributed by atoms with Crippen LogP contribution in [0.3, 0.4) is 0 Å². The van der Waals surface area contributed by atoms with Gasteiger partial charge in [0.25, 0.3) is 33.6 Å².